The Bertz CT molecular complexity index is 339. The van der Waals surface area contributed by atoms with Gasteiger partial charge in [-0.25, -0.2) is 0 Å². The van der Waals surface area contributed by atoms with E-state index in [0.717, 1.165) is 18.6 Å². The molecular weight excluding hydrogens is 234 g/mol. The Labute approximate surface area is 109 Å². The lowest BCUT2D eigenvalue weighted by atomic mass is 9.91. The van der Waals surface area contributed by atoms with Crippen LogP contribution in [0.5, 0.6) is 5.75 Å². The van der Waals surface area contributed by atoms with E-state index in [1.165, 1.54) is 0 Å². The average molecular weight is 256 g/mol. The molecule has 0 aromatic heterocycles. The minimum absolute atomic E-state index is 0.00151. The topological polar surface area (TPSA) is 35.2 Å². The molecule has 2 atom stereocenters. The van der Waals surface area contributed by atoms with Gasteiger partial charge in [-0.1, -0.05) is 44.4 Å². The van der Waals surface area contributed by atoms with E-state index in [0.29, 0.717) is 10.9 Å². The van der Waals surface area contributed by atoms with Crippen LogP contribution in [0.25, 0.3) is 0 Å². The minimum atomic E-state index is -0.00151. The lowest BCUT2D eigenvalue weighted by molar-refractivity contribution is 0.153. The van der Waals surface area contributed by atoms with Crippen molar-refractivity contribution in [2.75, 3.05) is 0 Å². The van der Waals surface area contributed by atoms with E-state index < -0.39 is 0 Å². The molecule has 1 aromatic carbocycles. The normalized spacial score (nSPS) is 14.7. The maximum absolute atomic E-state index is 6.21. The van der Waals surface area contributed by atoms with Crippen LogP contribution in [0, 0.1) is 5.92 Å². The van der Waals surface area contributed by atoms with Gasteiger partial charge in [-0.2, -0.15) is 0 Å². The van der Waals surface area contributed by atoms with Gasteiger partial charge in [0.05, 0.1) is 0 Å². The average Bonchev–Trinajstić information content (AvgIpc) is 2.30. The molecule has 0 spiro atoms. The van der Waals surface area contributed by atoms with E-state index in [4.69, 9.17) is 22.1 Å². The van der Waals surface area contributed by atoms with Crippen LogP contribution >= 0.6 is 11.6 Å². The molecule has 2 N–H and O–H groups in total. The van der Waals surface area contributed by atoms with Gasteiger partial charge in [0.25, 0.3) is 0 Å². The van der Waals surface area contributed by atoms with Crippen molar-refractivity contribution in [3.63, 3.8) is 0 Å². The second-order valence-corrected chi connectivity index (χ2v) is 4.87. The van der Waals surface area contributed by atoms with Crippen LogP contribution in [0.3, 0.4) is 0 Å². The Morgan fingerprint density at radius 1 is 1.29 bits per heavy atom. The highest BCUT2D eigenvalue weighted by Crippen LogP contribution is 2.21. The molecule has 0 saturated carbocycles. The zero-order chi connectivity index (χ0) is 12.8. The molecule has 0 fully saturated rings. The smallest absolute Gasteiger partial charge is 0.121 e. The van der Waals surface area contributed by atoms with E-state index in [-0.39, 0.29) is 12.1 Å². The zero-order valence-corrected chi connectivity index (χ0v) is 11.6. The van der Waals surface area contributed by atoms with Gasteiger partial charge in [0.15, 0.2) is 0 Å². The van der Waals surface area contributed by atoms with Gasteiger partial charge >= 0.3 is 0 Å². The highest BCUT2D eigenvalue weighted by molar-refractivity contribution is 6.30. The lowest BCUT2D eigenvalue weighted by Crippen LogP contribution is -2.42. The minimum Gasteiger partial charge on any atom is -0.489 e. The highest BCUT2D eigenvalue weighted by atomic mass is 35.5. The van der Waals surface area contributed by atoms with Crippen molar-refractivity contribution in [2.45, 2.75) is 45.8 Å². The summed E-state index contributed by atoms with van der Waals surface area (Å²) >= 11 is 5.91. The van der Waals surface area contributed by atoms with Crippen molar-refractivity contribution in [1.29, 1.82) is 0 Å². The predicted molar refractivity (Wildman–Crippen MR) is 73.6 cm³/mol. The molecule has 0 aliphatic rings. The molecule has 0 radical (unpaired) electrons. The molecule has 2 unspecified atom stereocenters. The van der Waals surface area contributed by atoms with Crippen LogP contribution in [0.15, 0.2) is 24.3 Å². The van der Waals surface area contributed by atoms with Crippen molar-refractivity contribution in [3.8, 4) is 5.75 Å². The van der Waals surface area contributed by atoms with Gasteiger partial charge in [-0.05, 0) is 31.0 Å². The zero-order valence-electron chi connectivity index (χ0n) is 10.8. The number of benzene rings is 1. The summed E-state index contributed by atoms with van der Waals surface area (Å²) in [7, 11) is 0. The second-order valence-electron chi connectivity index (χ2n) is 4.43. The predicted octanol–water partition coefficient (Wildman–Crippen LogP) is 3.87. The molecule has 1 rings (SSSR count). The number of ether oxygens (including phenoxy) is 1. The fourth-order valence-electron chi connectivity index (χ4n) is 2.05. The Hall–Kier alpha value is -0.730. The molecule has 0 heterocycles. The second kappa shape index (κ2) is 6.87. The summed E-state index contributed by atoms with van der Waals surface area (Å²) in [6.45, 7) is 6.35. The van der Waals surface area contributed by atoms with Crippen LogP contribution in [0.1, 0.15) is 33.6 Å². The Balaban J connectivity index is 2.62. The Morgan fingerprint density at radius 3 is 2.47 bits per heavy atom. The Morgan fingerprint density at radius 2 is 1.94 bits per heavy atom. The third-order valence-electron chi connectivity index (χ3n) is 3.25. The number of hydrogen-bond acceptors (Lipinski definition) is 2. The number of nitrogens with two attached hydrogens (primary N) is 1. The fourth-order valence-corrected chi connectivity index (χ4v) is 2.23. The first-order valence-corrected chi connectivity index (χ1v) is 6.64. The van der Waals surface area contributed by atoms with Crippen LogP contribution in [0.4, 0.5) is 0 Å². The van der Waals surface area contributed by atoms with Gasteiger partial charge < -0.3 is 10.5 Å². The first-order chi connectivity index (χ1) is 8.08. The van der Waals surface area contributed by atoms with E-state index >= 15 is 0 Å². The summed E-state index contributed by atoms with van der Waals surface area (Å²) in [4.78, 5) is 0. The van der Waals surface area contributed by atoms with Crippen LogP contribution in [-0.4, -0.2) is 12.1 Å². The molecule has 0 amide bonds. The molecule has 17 heavy (non-hydrogen) atoms. The summed E-state index contributed by atoms with van der Waals surface area (Å²) in [5.74, 6) is 1.29. The van der Waals surface area contributed by atoms with Crippen molar-refractivity contribution in [1.82, 2.24) is 0 Å². The first kappa shape index (κ1) is 14.3. The maximum atomic E-state index is 6.21. The van der Waals surface area contributed by atoms with Gasteiger partial charge in [0, 0.05) is 11.1 Å². The number of rotatable bonds is 6. The van der Waals surface area contributed by atoms with Gasteiger partial charge in [-0.15, -0.1) is 0 Å². The molecular formula is C14H22ClNO. The molecule has 2 nitrogen and oxygen atoms in total. The van der Waals surface area contributed by atoms with Gasteiger partial charge in [-0.3, -0.25) is 0 Å². The standard InChI is InChI=1S/C14H22ClNO/c1-4-11(5-2)14(16)10(3)17-13-8-6-7-12(15)9-13/h6-11,14H,4-5,16H2,1-3H3. The van der Waals surface area contributed by atoms with E-state index in [9.17, 15) is 0 Å². The largest absolute Gasteiger partial charge is 0.489 e. The van der Waals surface area contributed by atoms with Gasteiger partial charge in [0.2, 0.25) is 0 Å². The van der Waals surface area contributed by atoms with Crippen LogP contribution < -0.4 is 10.5 Å². The first-order valence-electron chi connectivity index (χ1n) is 6.26. The number of halogens is 1. The summed E-state index contributed by atoms with van der Waals surface area (Å²) in [5.41, 5.74) is 6.21. The third-order valence-corrected chi connectivity index (χ3v) is 3.49. The van der Waals surface area contributed by atoms with E-state index in [1.54, 1.807) is 0 Å². The van der Waals surface area contributed by atoms with E-state index in [2.05, 4.69) is 13.8 Å². The molecule has 0 aliphatic carbocycles. The summed E-state index contributed by atoms with van der Waals surface area (Å²) in [6.07, 6.45) is 2.17. The quantitative estimate of drug-likeness (QED) is 0.838. The van der Waals surface area contributed by atoms with Crippen molar-refractivity contribution in [2.24, 2.45) is 11.7 Å². The summed E-state index contributed by atoms with van der Waals surface area (Å²) < 4.78 is 5.83. The fraction of sp³-hybridized carbons (Fsp3) is 0.571. The monoisotopic (exact) mass is 255 g/mol. The molecule has 0 saturated heterocycles. The van der Waals surface area contributed by atoms with Gasteiger partial charge in [0.1, 0.15) is 11.9 Å². The molecule has 0 bridgehead atoms. The Kier molecular flexibility index (Phi) is 5.79. The van der Waals surface area contributed by atoms with Crippen molar-refractivity contribution < 1.29 is 4.74 Å². The van der Waals surface area contributed by atoms with Crippen LogP contribution in [-0.2, 0) is 0 Å². The van der Waals surface area contributed by atoms with E-state index in [1.807, 2.05) is 31.2 Å². The van der Waals surface area contributed by atoms with Crippen molar-refractivity contribution in [3.05, 3.63) is 29.3 Å². The molecule has 1 aromatic rings. The third kappa shape index (κ3) is 4.21. The molecule has 96 valence electrons. The highest BCUT2D eigenvalue weighted by Gasteiger charge is 2.21. The lowest BCUT2D eigenvalue weighted by Gasteiger charge is -2.27. The molecule has 0 aliphatic heterocycles. The summed E-state index contributed by atoms with van der Waals surface area (Å²) in [5, 5.41) is 0.686. The molecule has 3 heteroatoms. The van der Waals surface area contributed by atoms with Crippen molar-refractivity contribution >= 4 is 11.6 Å². The van der Waals surface area contributed by atoms with Crippen LogP contribution in [0.2, 0.25) is 5.02 Å². The number of hydrogen-bond donors (Lipinski definition) is 1. The summed E-state index contributed by atoms with van der Waals surface area (Å²) in [6, 6.07) is 7.50. The maximum Gasteiger partial charge on any atom is 0.121 e. The SMILES string of the molecule is CCC(CC)C(N)C(C)Oc1cccc(Cl)c1.